The Morgan fingerprint density at radius 1 is 1.22 bits per heavy atom. The van der Waals surface area contributed by atoms with E-state index in [1.54, 1.807) is 26.1 Å². The van der Waals surface area contributed by atoms with Crippen molar-refractivity contribution < 1.29 is 14.4 Å². The smallest absolute Gasteiger partial charge is 0.325 e. The van der Waals surface area contributed by atoms with E-state index >= 15 is 0 Å². The van der Waals surface area contributed by atoms with Gasteiger partial charge >= 0.3 is 6.03 Å². The maximum atomic E-state index is 12.9. The molecule has 0 radical (unpaired) electrons. The van der Waals surface area contributed by atoms with E-state index in [9.17, 15) is 14.4 Å². The molecule has 1 atom stereocenters. The Balaban J connectivity index is 1.63. The van der Waals surface area contributed by atoms with Crippen molar-refractivity contribution in [1.82, 2.24) is 15.1 Å². The van der Waals surface area contributed by atoms with Gasteiger partial charge in [0.05, 0.1) is 0 Å². The lowest BCUT2D eigenvalue weighted by Crippen LogP contribution is -2.51. The fourth-order valence-electron chi connectivity index (χ4n) is 4.02. The Morgan fingerprint density at radius 2 is 1.85 bits per heavy atom. The summed E-state index contributed by atoms with van der Waals surface area (Å²) in [6, 6.07) is 6.76. The highest BCUT2D eigenvalue weighted by molar-refractivity contribution is 6.30. The van der Waals surface area contributed by atoms with Crippen LogP contribution in [0.1, 0.15) is 44.6 Å². The Morgan fingerprint density at radius 3 is 2.48 bits per heavy atom. The normalized spacial score (nSPS) is 23.4. The van der Waals surface area contributed by atoms with E-state index in [0.29, 0.717) is 11.6 Å². The third kappa shape index (κ3) is 4.10. The lowest BCUT2D eigenvalue weighted by Gasteiger charge is -2.34. The largest absolute Gasteiger partial charge is 0.340 e. The van der Waals surface area contributed by atoms with Crippen molar-refractivity contribution in [3.05, 3.63) is 34.9 Å². The number of halogens is 1. The van der Waals surface area contributed by atoms with Crippen LogP contribution in [0, 0.1) is 5.92 Å². The lowest BCUT2D eigenvalue weighted by molar-refractivity contribution is -0.139. The first-order chi connectivity index (χ1) is 12.8. The number of urea groups is 1. The molecule has 3 rings (SSSR count). The van der Waals surface area contributed by atoms with E-state index < -0.39 is 11.6 Å². The number of carbonyl (C=O) groups is 3. The van der Waals surface area contributed by atoms with Crippen LogP contribution in [0.2, 0.25) is 5.02 Å². The van der Waals surface area contributed by atoms with Gasteiger partial charge in [-0.3, -0.25) is 14.5 Å². The van der Waals surface area contributed by atoms with Gasteiger partial charge in [-0.1, -0.05) is 43.0 Å². The van der Waals surface area contributed by atoms with Crippen LogP contribution in [-0.4, -0.2) is 46.8 Å². The number of nitrogens with one attached hydrogen (secondary N) is 1. The van der Waals surface area contributed by atoms with Gasteiger partial charge in [-0.15, -0.1) is 0 Å². The minimum absolute atomic E-state index is 0.134. The molecule has 1 aromatic rings. The van der Waals surface area contributed by atoms with Crippen molar-refractivity contribution in [3.8, 4) is 0 Å². The summed E-state index contributed by atoms with van der Waals surface area (Å²) in [5.74, 6) is -0.427. The van der Waals surface area contributed by atoms with Gasteiger partial charge in [0.2, 0.25) is 5.91 Å². The number of amides is 4. The van der Waals surface area contributed by atoms with Crippen molar-refractivity contribution in [2.24, 2.45) is 5.92 Å². The van der Waals surface area contributed by atoms with Crippen LogP contribution in [0.5, 0.6) is 0 Å². The molecule has 1 N–H and O–H groups in total. The predicted molar refractivity (Wildman–Crippen MR) is 103 cm³/mol. The monoisotopic (exact) mass is 391 g/mol. The molecule has 7 heteroatoms. The number of nitrogens with zero attached hydrogens (tertiary/aromatic N) is 2. The molecule has 1 aliphatic heterocycles. The summed E-state index contributed by atoms with van der Waals surface area (Å²) in [6.07, 6.45) is 5.19. The molecule has 27 heavy (non-hydrogen) atoms. The summed E-state index contributed by atoms with van der Waals surface area (Å²) < 4.78 is 0. The number of hydrogen-bond donors (Lipinski definition) is 1. The highest BCUT2D eigenvalue weighted by Gasteiger charge is 2.52. The van der Waals surface area contributed by atoms with Crippen LogP contribution < -0.4 is 5.32 Å². The third-order valence-corrected chi connectivity index (χ3v) is 6.03. The van der Waals surface area contributed by atoms with E-state index in [0.717, 1.165) is 36.1 Å². The fourth-order valence-corrected chi connectivity index (χ4v) is 4.15. The standard InChI is InChI=1S/C20H26ClN3O3/c1-20(15-6-4-3-5-7-15)18(26)24(19(27)22-20)13-17(25)23(2)12-14-8-10-16(21)11-9-14/h8-11,15H,3-7,12-13H2,1-2H3,(H,22,27)/t20-/m1/s1. The van der Waals surface area contributed by atoms with Gasteiger partial charge < -0.3 is 10.2 Å². The summed E-state index contributed by atoms with van der Waals surface area (Å²) in [5.41, 5.74) is 0.0338. The van der Waals surface area contributed by atoms with E-state index in [1.807, 2.05) is 12.1 Å². The van der Waals surface area contributed by atoms with Crippen LogP contribution in [0.3, 0.4) is 0 Å². The Labute approximate surface area is 164 Å². The fraction of sp³-hybridized carbons (Fsp3) is 0.550. The second-order valence-corrected chi connectivity index (χ2v) is 8.17. The summed E-state index contributed by atoms with van der Waals surface area (Å²) in [4.78, 5) is 40.5. The van der Waals surface area contributed by atoms with Crippen LogP contribution in [0.25, 0.3) is 0 Å². The lowest BCUT2D eigenvalue weighted by atomic mass is 9.75. The third-order valence-electron chi connectivity index (χ3n) is 5.77. The Kier molecular flexibility index (Phi) is 5.75. The van der Waals surface area contributed by atoms with Gasteiger partial charge in [0.1, 0.15) is 12.1 Å². The molecule has 0 bridgehead atoms. The quantitative estimate of drug-likeness (QED) is 0.783. The van der Waals surface area contributed by atoms with Gasteiger partial charge in [-0.05, 0) is 43.4 Å². The average molecular weight is 392 g/mol. The van der Waals surface area contributed by atoms with Crippen molar-refractivity contribution in [2.45, 2.75) is 51.1 Å². The number of benzene rings is 1. The first-order valence-electron chi connectivity index (χ1n) is 9.44. The minimum atomic E-state index is -0.896. The van der Waals surface area contributed by atoms with Crippen LogP contribution >= 0.6 is 11.6 Å². The molecule has 1 saturated carbocycles. The molecule has 0 aromatic heterocycles. The van der Waals surface area contributed by atoms with Crippen molar-refractivity contribution in [1.29, 1.82) is 0 Å². The van der Waals surface area contributed by atoms with E-state index in [-0.39, 0.29) is 24.3 Å². The number of likely N-dealkylation sites (N-methyl/N-ethyl adjacent to an activating group) is 1. The molecule has 1 aliphatic carbocycles. The molecule has 2 aliphatic rings. The zero-order chi connectivity index (χ0) is 19.6. The molecule has 1 heterocycles. The minimum Gasteiger partial charge on any atom is -0.340 e. The summed E-state index contributed by atoms with van der Waals surface area (Å²) in [7, 11) is 1.66. The molecule has 1 saturated heterocycles. The van der Waals surface area contributed by atoms with E-state index in [1.165, 1.54) is 11.3 Å². The number of imide groups is 1. The number of carbonyl (C=O) groups excluding carboxylic acids is 3. The van der Waals surface area contributed by atoms with Gasteiger partial charge in [-0.25, -0.2) is 4.79 Å². The zero-order valence-electron chi connectivity index (χ0n) is 15.8. The molecule has 146 valence electrons. The number of rotatable bonds is 5. The van der Waals surface area contributed by atoms with E-state index in [2.05, 4.69) is 5.32 Å². The maximum absolute atomic E-state index is 12.9. The molecular formula is C20H26ClN3O3. The van der Waals surface area contributed by atoms with Gasteiger partial charge in [0.15, 0.2) is 0 Å². The van der Waals surface area contributed by atoms with Crippen LogP contribution in [0.15, 0.2) is 24.3 Å². The van der Waals surface area contributed by atoms with Crippen molar-refractivity contribution >= 4 is 29.4 Å². The second-order valence-electron chi connectivity index (χ2n) is 7.74. The summed E-state index contributed by atoms with van der Waals surface area (Å²) in [6.45, 7) is 1.95. The first-order valence-corrected chi connectivity index (χ1v) is 9.81. The first kappa shape index (κ1) is 19.7. The SMILES string of the molecule is CN(Cc1ccc(Cl)cc1)C(=O)CN1C(=O)N[C@](C)(C2CCCCC2)C1=O. The second kappa shape index (κ2) is 7.89. The van der Waals surface area contributed by atoms with Crippen molar-refractivity contribution in [2.75, 3.05) is 13.6 Å². The molecule has 2 fully saturated rings. The van der Waals surface area contributed by atoms with Crippen LogP contribution in [0.4, 0.5) is 4.79 Å². The van der Waals surface area contributed by atoms with E-state index in [4.69, 9.17) is 11.6 Å². The van der Waals surface area contributed by atoms with Gasteiger partial charge in [0, 0.05) is 18.6 Å². The molecule has 0 spiro atoms. The Bertz CT molecular complexity index is 730. The highest BCUT2D eigenvalue weighted by Crippen LogP contribution is 2.36. The Hall–Kier alpha value is -2.08. The van der Waals surface area contributed by atoms with Gasteiger partial charge in [-0.2, -0.15) is 0 Å². The zero-order valence-corrected chi connectivity index (χ0v) is 16.6. The maximum Gasteiger partial charge on any atom is 0.325 e. The molecule has 0 unspecified atom stereocenters. The molecular weight excluding hydrogens is 366 g/mol. The topological polar surface area (TPSA) is 69.7 Å². The highest BCUT2D eigenvalue weighted by atomic mass is 35.5. The van der Waals surface area contributed by atoms with Crippen molar-refractivity contribution in [3.63, 3.8) is 0 Å². The summed E-state index contributed by atoms with van der Waals surface area (Å²) in [5, 5.41) is 3.49. The predicted octanol–water partition coefficient (Wildman–Crippen LogP) is 3.19. The molecule has 4 amide bonds. The summed E-state index contributed by atoms with van der Waals surface area (Å²) >= 11 is 5.88. The number of hydrogen-bond acceptors (Lipinski definition) is 3. The average Bonchev–Trinajstić information content (AvgIpc) is 2.88. The molecule has 6 nitrogen and oxygen atoms in total. The molecule has 1 aromatic carbocycles. The van der Waals surface area contributed by atoms with Gasteiger partial charge in [0.25, 0.3) is 5.91 Å². The van der Waals surface area contributed by atoms with Crippen LogP contribution in [-0.2, 0) is 16.1 Å².